The van der Waals surface area contributed by atoms with Crippen LogP contribution in [0.15, 0.2) is 57.9 Å². The summed E-state index contributed by atoms with van der Waals surface area (Å²) in [6.07, 6.45) is 1.77. The van der Waals surface area contributed by atoms with Crippen molar-refractivity contribution in [2.75, 3.05) is 0 Å². The summed E-state index contributed by atoms with van der Waals surface area (Å²) in [7, 11) is 0. The first-order valence-electron chi connectivity index (χ1n) is 7.28. The predicted octanol–water partition coefficient (Wildman–Crippen LogP) is 3.51. The van der Waals surface area contributed by atoms with Crippen LogP contribution in [0, 0.1) is 5.82 Å². The largest absolute Gasteiger partial charge is 0.491 e. The summed E-state index contributed by atoms with van der Waals surface area (Å²) in [5, 5.41) is 11.6. The summed E-state index contributed by atoms with van der Waals surface area (Å²) in [5.41, 5.74) is 2.32. The summed E-state index contributed by atoms with van der Waals surface area (Å²) < 4.78 is 19.1. The summed E-state index contributed by atoms with van der Waals surface area (Å²) in [6.45, 7) is 3.61. The topological polar surface area (TPSA) is 45.7 Å². The molecule has 23 heavy (non-hydrogen) atoms. The third-order valence-electron chi connectivity index (χ3n) is 3.65. The normalized spacial score (nSPS) is 14.4. The zero-order valence-electron chi connectivity index (χ0n) is 12.9. The Labute approximate surface area is 132 Å². The lowest BCUT2D eigenvalue weighted by molar-refractivity contribution is 0.459. The van der Waals surface area contributed by atoms with Crippen LogP contribution in [0.25, 0.3) is 22.9 Å². The molecule has 0 aliphatic heterocycles. The van der Waals surface area contributed by atoms with Crippen LogP contribution in [-0.2, 0) is 0 Å². The molecule has 0 bridgehead atoms. The second kappa shape index (κ2) is 6.08. The lowest BCUT2D eigenvalue weighted by Gasteiger charge is -1.99. The maximum absolute atomic E-state index is 13.4. The Hall–Kier alpha value is -2.88. The molecule has 0 aliphatic rings. The molecule has 0 unspecified atom stereocenters. The summed E-state index contributed by atoms with van der Waals surface area (Å²) in [6, 6.07) is 13.8. The molecule has 0 fully saturated rings. The zero-order valence-corrected chi connectivity index (χ0v) is 12.9. The highest BCUT2D eigenvalue weighted by atomic mass is 19.1. The van der Waals surface area contributed by atoms with E-state index >= 15 is 0 Å². The minimum Gasteiger partial charge on any atom is -0.491 e. The number of hydrogen-bond acceptors (Lipinski definition) is 3. The van der Waals surface area contributed by atoms with Crippen molar-refractivity contribution in [2.45, 2.75) is 13.8 Å². The number of aliphatic imine (C=N–C) groups is 1. The van der Waals surface area contributed by atoms with Crippen LogP contribution in [0.4, 0.5) is 4.39 Å². The fraction of sp³-hybridized carbons (Fsp3) is 0.105. The monoisotopic (exact) mass is 309 g/mol. The zero-order chi connectivity index (χ0) is 16.4. The second-order valence-corrected chi connectivity index (χ2v) is 5.16. The minimum atomic E-state index is -0.351. The summed E-state index contributed by atoms with van der Waals surface area (Å²) in [4.78, 5) is 4.23. The van der Waals surface area contributed by atoms with E-state index in [-0.39, 0.29) is 17.1 Å². The van der Waals surface area contributed by atoms with Crippen molar-refractivity contribution in [3.8, 4) is 0 Å². The van der Waals surface area contributed by atoms with Gasteiger partial charge in [0.1, 0.15) is 11.4 Å². The molecule has 0 spiro atoms. The molecule has 3 nitrogen and oxygen atoms in total. The van der Waals surface area contributed by atoms with E-state index in [0.29, 0.717) is 21.9 Å². The molecule has 1 aromatic heterocycles. The molecule has 0 aliphatic carbocycles. The van der Waals surface area contributed by atoms with Gasteiger partial charge in [-0.15, -0.1) is 0 Å². The average molecular weight is 309 g/mol. The fourth-order valence-electron chi connectivity index (χ4n) is 2.50. The maximum atomic E-state index is 13.4. The number of aliphatic hydroxyl groups is 1. The van der Waals surface area contributed by atoms with Crippen molar-refractivity contribution >= 4 is 28.6 Å². The van der Waals surface area contributed by atoms with Crippen LogP contribution >= 0.6 is 0 Å². The molecule has 1 N–H and O–H groups in total. The van der Waals surface area contributed by atoms with Crippen LogP contribution < -0.4 is 10.6 Å². The molecule has 3 rings (SSSR count). The molecule has 0 saturated carbocycles. The average Bonchev–Trinajstić information content (AvgIpc) is 2.93. The van der Waals surface area contributed by atoms with Gasteiger partial charge in [-0.1, -0.05) is 36.4 Å². The van der Waals surface area contributed by atoms with Gasteiger partial charge in [-0.25, -0.2) is 9.38 Å². The molecule has 0 amide bonds. The number of aliphatic hydroxyl groups excluding tert-OH is 1. The van der Waals surface area contributed by atoms with E-state index in [4.69, 9.17) is 4.42 Å². The highest BCUT2D eigenvalue weighted by molar-refractivity contribution is 6.00. The lowest BCUT2D eigenvalue weighted by atomic mass is 10.1. The van der Waals surface area contributed by atoms with E-state index in [1.54, 1.807) is 19.1 Å². The van der Waals surface area contributed by atoms with Gasteiger partial charge in [-0.3, -0.25) is 0 Å². The van der Waals surface area contributed by atoms with Gasteiger partial charge in [-0.05, 0) is 37.6 Å². The van der Waals surface area contributed by atoms with Crippen molar-refractivity contribution in [3.63, 3.8) is 0 Å². The Bertz CT molecular complexity index is 1000. The first-order chi connectivity index (χ1) is 11.1. The standard InChI is InChI=1S/C19H16FNO2/c1-3-15-16-11-14(20)9-10-17(16)23-18(15)19(22)21-12(2)13-7-5-4-6-8-13/h3-11,22H,1-2H3/b15-3?,19-18-,21-12?. The van der Waals surface area contributed by atoms with Gasteiger partial charge >= 0.3 is 0 Å². The second-order valence-electron chi connectivity index (χ2n) is 5.16. The van der Waals surface area contributed by atoms with Crippen LogP contribution in [0.1, 0.15) is 19.4 Å². The summed E-state index contributed by atoms with van der Waals surface area (Å²) in [5.74, 6) is -0.576. The Kier molecular flexibility index (Phi) is 3.98. The van der Waals surface area contributed by atoms with Gasteiger partial charge in [0.05, 0.1) is 0 Å². The van der Waals surface area contributed by atoms with E-state index in [1.165, 1.54) is 12.1 Å². The third kappa shape index (κ3) is 2.88. The number of hydrogen-bond donors (Lipinski definition) is 1. The Morgan fingerprint density at radius 2 is 1.91 bits per heavy atom. The maximum Gasteiger partial charge on any atom is 0.256 e. The van der Waals surface area contributed by atoms with E-state index in [0.717, 1.165) is 5.56 Å². The number of rotatable bonds is 2. The molecule has 0 radical (unpaired) electrons. The number of nitrogens with zero attached hydrogens (tertiary/aromatic N) is 1. The lowest BCUT2D eigenvalue weighted by Crippen LogP contribution is -2.22. The predicted molar refractivity (Wildman–Crippen MR) is 90.3 cm³/mol. The van der Waals surface area contributed by atoms with Gasteiger partial charge in [0.25, 0.3) is 5.88 Å². The molecule has 4 heteroatoms. The minimum absolute atomic E-state index is 0.226. The van der Waals surface area contributed by atoms with Crippen LogP contribution in [0.3, 0.4) is 0 Å². The van der Waals surface area contributed by atoms with E-state index < -0.39 is 0 Å². The van der Waals surface area contributed by atoms with Gasteiger partial charge in [0, 0.05) is 16.3 Å². The van der Waals surface area contributed by atoms with Gasteiger partial charge in [0.2, 0.25) is 0 Å². The number of furan rings is 1. The van der Waals surface area contributed by atoms with Crippen molar-refractivity contribution in [3.05, 3.63) is 70.5 Å². The molecule has 0 saturated heterocycles. The first-order valence-corrected chi connectivity index (χ1v) is 7.28. The smallest absolute Gasteiger partial charge is 0.256 e. The van der Waals surface area contributed by atoms with Crippen molar-refractivity contribution < 1.29 is 13.9 Å². The highest BCUT2D eigenvalue weighted by Gasteiger charge is 2.08. The third-order valence-corrected chi connectivity index (χ3v) is 3.65. The number of fused-ring (bicyclic) bond motifs is 1. The molecule has 3 aromatic rings. The fourth-order valence-corrected chi connectivity index (χ4v) is 2.50. The van der Waals surface area contributed by atoms with Crippen LogP contribution in [-0.4, -0.2) is 10.8 Å². The molecular weight excluding hydrogens is 293 g/mol. The van der Waals surface area contributed by atoms with Gasteiger partial charge in [0.15, 0.2) is 5.42 Å². The highest BCUT2D eigenvalue weighted by Crippen LogP contribution is 2.11. The van der Waals surface area contributed by atoms with E-state index in [2.05, 4.69) is 4.99 Å². The SMILES string of the molecule is CC=c1/c(=C(/O)N=C(C)c2ccccc2)oc2ccc(F)cc12. The Balaban J connectivity index is 2.24. The molecular formula is C19H16FNO2. The van der Waals surface area contributed by atoms with Crippen LogP contribution in [0.5, 0.6) is 0 Å². The summed E-state index contributed by atoms with van der Waals surface area (Å²) >= 11 is 0. The van der Waals surface area contributed by atoms with Crippen molar-refractivity contribution in [2.24, 2.45) is 4.99 Å². The Morgan fingerprint density at radius 1 is 1.17 bits per heavy atom. The molecule has 0 atom stereocenters. The Morgan fingerprint density at radius 3 is 2.61 bits per heavy atom. The number of halogens is 1. The molecule has 2 aromatic carbocycles. The molecule has 116 valence electrons. The van der Waals surface area contributed by atoms with Gasteiger partial charge in [-0.2, -0.15) is 0 Å². The van der Waals surface area contributed by atoms with E-state index in [9.17, 15) is 9.50 Å². The van der Waals surface area contributed by atoms with E-state index in [1.807, 2.05) is 37.3 Å². The first kappa shape index (κ1) is 15.0. The quantitative estimate of drug-likeness (QED) is 0.736. The van der Waals surface area contributed by atoms with Crippen molar-refractivity contribution in [1.82, 2.24) is 0 Å². The van der Waals surface area contributed by atoms with Gasteiger partial charge < -0.3 is 9.52 Å². The number of benzene rings is 2. The molecule has 1 heterocycles. The van der Waals surface area contributed by atoms with Crippen LogP contribution in [0.2, 0.25) is 0 Å². The van der Waals surface area contributed by atoms with Crippen molar-refractivity contribution in [1.29, 1.82) is 0 Å².